The van der Waals surface area contributed by atoms with Gasteiger partial charge in [0.15, 0.2) is 0 Å². The highest BCUT2D eigenvalue weighted by Crippen LogP contribution is 2.50. The number of nitro benzene ring substituents is 2. The zero-order valence-electron chi connectivity index (χ0n) is 13.2. The number of hydrogen-bond donors (Lipinski definition) is 1. The van der Waals surface area contributed by atoms with E-state index in [-0.39, 0.29) is 34.2 Å². The normalized spacial score (nSPS) is 23.4. The fraction of sp³-hybridized carbons (Fsp3) is 0.222. The molecule has 1 aliphatic carbocycles. The minimum atomic E-state index is -0.410. The molecule has 7 nitrogen and oxygen atoms in total. The van der Waals surface area contributed by atoms with E-state index in [0.29, 0.717) is 0 Å². The Kier molecular flexibility index (Phi) is 3.49. The van der Waals surface area contributed by atoms with Gasteiger partial charge >= 0.3 is 0 Å². The zero-order chi connectivity index (χ0) is 17.6. The second kappa shape index (κ2) is 5.70. The van der Waals surface area contributed by atoms with Crippen molar-refractivity contribution in [2.75, 3.05) is 5.32 Å². The van der Waals surface area contributed by atoms with Crippen molar-refractivity contribution < 1.29 is 9.85 Å². The summed E-state index contributed by atoms with van der Waals surface area (Å²) >= 11 is 0. The lowest BCUT2D eigenvalue weighted by Crippen LogP contribution is -2.29. The molecule has 25 heavy (non-hydrogen) atoms. The molecule has 1 aliphatic heterocycles. The largest absolute Gasteiger partial charge is 0.378 e. The van der Waals surface area contributed by atoms with Crippen molar-refractivity contribution in [1.82, 2.24) is 0 Å². The summed E-state index contributed by atoms with van der Waals surface area (Å²) in [5, 5.41) is 25.4. The van der Waals surface area contributed by atoms with E-state index < -0.39 is 4.92 Å². The molecule has 0 unspecified atom stereocenters. The van der Waals surface area contributed by atoms with Gasteiger partial charge in [-0.05, 0) is 29.5 Å². The lowest BCUT2D eigenvalue weighted by atomic mass is 9.77. The van der Waals surface area contributed by atoms with Gasteiger partial charge in [-0.1, -0.05) is 24.3 Å². The van der Waals surface area contributed by atoms with Gasteiger partial charge in [-0.15, -0.1) is 0 Å². The maximum atomic E-state index is 11.1. The fourth-order valence-electron chi connectivity index (χ4n) is 3.83. The number of rotatable bonds is 3. The molecule has 0 aromatic heterocycles. The molecule has 7 heteroatoms. The van der Waals surface area contributed by atoms with Crippen molar-refractivity contribution in [2.45, 2.75) is 18.4 Å². The number of anilines is 1. The van der Waals surface area contributed by atoms with E-state index in [2.05, 4.69) is 17.5 Å². The Morgan fingerprint density at radius 1 is 0.960 bits per heavy atom. The van der Waals surface area contributed by atoms with Crippen molar-refractivity contribution in [3.8, 4) is 0 Å². The molecule has 0 radical (unpaired) electrons. The van der Waals surface area contributed by atoms with E-state index in [9.17, 15) is 20.2 Å². The van der Waals surface area contributed by atoms with Crippen LogP contribution in [0.15, 0.2) is 54.6 Å². The van der Waals surface area contributed by atoms with E-state index in [0.717, 1.165) is 23.2 Å². The Hall–Kier alpha value is -3.22. The second-order valence-corrected chi connectivity index (χ2v) is 6.35. The van der Waals surface area contributed by atoms with Gasteiger partial charge in [0.1, 0.15) is 0 Å². The molecule has 0 saturated carbocycles. The van der Waals surface area contributed by atoms with Gasteiger partial charge in [0.2, 0.25) is 0 Å². The monoisotopic (exact) mass is 337 g/mol. The second-order valence-electron chi connectivity index (χ2n) is 6.35. The van der Waals surface area contributed by atoms with E-state index in [1.54, 1.807) is 24.3 Å². The molecule has 0 spiro atoms. The lowest BCUT2D eigenvalue weighted by molar-refractivity contribution is -0.385. The number of allylic oxidation sites excluding steroid dienone is 2. The average molecular weight is 337 g/mol. The van der Waals surface area contributed by atoms with Gasteiger partial charge in [0, 0.05) is 35.9 Å². The highest BCUT2D eigenvalue weighted by Gasteiger charge is 2.38. The smallest absolute Gasteiger partial charge is 0.269 e. The predicted molar refractivity (Wildman–Crippen MR) is 92.5 cm³/mol. The molecular formula is C18H15N3O4. The van der Waals surface area contributed by atoms with Crippen LogP contribution in [-0.4, -0.2) is 9.85 Å². The minimum absolute atomic E-state index is 0.00904. The topological polar surface area (TPSA) is 98.3 Å². The number of fused-ring (bicyclic) bond motifs is 3. The molecule has 0 bridgehead atoms. The summed E-state index contributed by atoms with van der Waals surface area (Å²) in [5.74, 6) is 0.340. The molecule has 2 aliphatic rings. The number of hydrogen-bond acceptors (Lipinski definition) is 5. The summed E-state index contributed by atoms with van der Waals surface area (Å²) in [6.45, 7) is 0. The Bertz CT molecular complexity index is 892. The van der Waals surface area contributed by atoms with Crippen LogP contribution in [-0.2, 0) is 0 Å². The molecule has 2 aromatic rings. The number of nitro groups is 2. The van der Waals surface area contributed by atoms with Crippen LogP contribution < -0.4 is 5.32 Å². The van der Waals surface area contributed by atoms with Crippen LogP contribution in [0.2, 0.25) is 0 Å². The van der Waals surface area contributed by atoms with E-state index >= 15 is 0 Å². The first-order valence-corrected chi connectivity index (χ1v) is 8.00. The Balaban J connectivity index is 1.72. The third kappa shape index (κ3) is 2.53. The third-order valence-electron chi connectivity index (χ3n) is 5.02. The van der Waals surface area contributed by atoms with Gasteiger partial charge in [0.05, 0.1) is 15.9 Å². The van der Waals surface area contributed by atoms with Crippen LogP contribution in [0, 0.1) is 26.1 Å². The van der Waals surface area contributed by atoms with Gasteiger partial charge in [-0.25, -0.2) is 0 Å². The van der Waals surface area contributed by atoms with Crippen LogP contribution in [0.3, 0.4) is 0 Å². The number of benzene rings is 2. The molecule has 2 aromatic carbocycles. The summed E-state index contributed by atoms with van der Waals surface area (Å²) in [6.07, 6.45) is 5.07. The number of nitrogens with one attached hydrogen (secondary N) is 1. The Labute approximate surface area is 143 Å². The van der Waals surface area contributed by atoms with Gasteiger partial charge in [-0.3, -0.25) is 20.2 Å². The molecule has 0 amide bonds. The summed E-state index contributed by atoms with van der Waals surface area (Å²) in [5.41, 5.74) is 2.95. The quantitative estimate of drug-likeness (QED) is 0.510. The van der Waals surface area contributed by atoms with Crippen LogP contribution >= 0.6 is 0 Å². The summed E-state index contributed by atoms with van der Waals surface area (Å²) in [7, 11) is 0. The van der Waals surface area contributed by atoms with E-state index in [1.165, 1.54) is 18.2 Å². The predicted octanol–water partition coefficient (Wildman–Crippen LogP) is 4.33. The van der Waals surface area contributed by atoms with Crippen LogP contribution in [0.4, 0.5) is 17.1 Å². The molecule has 1 N–H and O–H groups in total. The highest BCUT2D eigenvalue weighted by atomic mass is 16.6. The highest BCUT2D eigenvalue weighted by molar-refractivity contribution is 5.63. The van der Waals surface area contributed by atoms with Crippen molar-refractivity contribution in [3.63, 3.8) is 0 Å². The Morgan fingerprint density at radius 3 is 2.32 bits per heavy atom. The van der Waals surface area contributed by atoms with Crippen molar-refractivity contribution >= 4 is 17.1 Å². The number of nitrogens with zero attached hydrogens (tertiary/aromatic N) is 2. The van der Waals surface area contributed by atoms with Crippen LogP contribution in [0.25, 0.3) is 0 Å². The first-order chi connectivity index (χ1) is 12.0. The minimum Gasteiger partial charge on any atom is -0.378 e. The molecule has 4 rings (SSSR count). The number of non-ortho nitro benzene ring substituents is 2. The third-order valence-corrected chi connectivity index (χ3v) is 5.02. The zero-order valence-corrected chi connectivity index (χ0v) is 13.2. The van der Waals surface area contributed by atoms with Gasteiger partial charge in [0.25, 0.3) is 11.4 Å². The summed E-state index contributed by atoms with van der Waals surface area (Å²) < 4.78 is 0. The van der Waals surface area contributed by atoms with Crippen molar-refractivity contribution in [2.24, 2.45) is 5.92 Å². The SMILES string of the molecule is O=[N+]([O-])c1ccc([C@@H]2Nc3ccc([N+](=O)[O-])cc3[C@@H]3C=CC[C@@H]32)cc1. The molecule has 1 heterocycles. The molecular weight excluding hydrogens is 322 g/mol. The molecule has 3 atom stereocenters. The van der Waals surface area contributed by atoms with E-state index in [4.69, 9.17) is 0 Å². The van der Waals surface area contributed by atoms with E-state index in [1.807, 2.05) is 0 Å². The maximum Gasteiger partial charge on any atom is 0.269 e. The summed E-state index contributed by atoms with van der Waals surface area (Å²) in [6, 6.07) is 11.5. The molecule has 126 valence electrons. The molecule has 0 saturated heterocycles. The van der Waals surface area contributed by atoms with Gasteiger partial charge < -0.3 is 5.32 Å². The van der Waals surface area contributed by atoms with Crippen LogP contribution in [0.5, 0.6) is 0 Å². The molecule has 0 fully saturated rings. The average Bonchev–Trinajstić information content (AvgIpc) is 3.10. The maximum absolute atomic E-state index is 11.1. The Morgan fingerprint density at radius 2 is 1.64 bits per heavy atom. The van der Waals surface area contributed by atoms with Crippen molar-refractivity contribution in [3.05, 3.63) is 86.0 Å². The van der Waals surface area contributed by atoms with Crippen molar-refractivity contribution in [1.29, 1.82) is 0 Å². The standard InChI is InChI=1S/C18H15N3O4/c22-20(23)12-6-4-11(5-7-12)18-15-3-1-2-14(15)16-10-13(21(24)25)8-9-17(16)19-18/h1-2,4-10,14-15,18-19H,3H2/t14-,15+,18+/m1/s1. The first-order valence-electron chi connectivity index (χ1n) is 8.00. The van der Waals surface area contributed by atoms with Gasteiger partial charge in [-0.2, -0.15) is 0 Å². The lowest BCUT2D eigenvalue weighted by Gasteiger charge is -2.37. The summed E-state index contributed by atoms with van der Waals surface area (Å²) in [4.78, 5) is 21.1. The first kappa shape index (κ1) is 15.3. The fourth-order valence-corrected chi connectivity index (χ4v) is 3.83. The van der Waals surface area contributed by atoms with Crippen LogP contribution in [0.1, 0.15) is 29.5 Å².